The first-order chi connectivity index (χ1) is 12.1. The van der Waals surface area contributed by atoms with Gasteiger partial charge in [-0.2, -0.15) is 0 Å². The molecule has 2 aliphatic heterocycles. The van der Waals surface area contributed by atoms with Gasteiger partial charge in [0.05, 0.1) is 5.02 Å². The summed E-state index contributed by atoms with van der Waals surface area (Å²) in [5, 5.41) is 3.90. The second kappa shape index (κ2) is 7.82. The number of carbonyl (C=O) groups excluding carboxylic acids is 1. The third kappa shape index (κ3) is 4.28. The number of aliphatic imine (C=N–C) groups is 1. The zero-order chi connectivity index (χ0) is 17.8. The highest BCUT2D eigenvalue weighted by molar-refractivity contribution is 6.32. The van der Waals surface area contributed by atoms with Crippen molar-refractivity contribution in [1.82, 2.24) is 10.2 Å². The monoisotopic (exact) mass is 366 g/mol. The molecule has 8 heteroatoms. The number of hydrogen-bond donors (Lipinski definition) is 2. The van der Waals surface area contributed by atoms with Crippen molar-refractivity contribution in [2.75, 3.05) is 26.9 Å². The second-order valence-corrected chi connectivity index (χ2v) is 6.74. The summed E-state index contributed by atoms with van der Waals surface area (Å²) in [5.74, 6) is 2.11. The van der Waals surface area contributed by atoms with Gasteiger partial charge in [-0.15, -0.1) is 0 Å². The molecule has 1 fully saturated rings. The van der Waals surface area contributed by atoms with Crippen LogP contribution in [0.25, 0.3) is 0 Å². The van der Waals surface area contributed by atoms with Crippen LogP contribution >= 0.6 is 11.6 Å². The van der Waals surface area contributed by atoms with E-state index in [4.69, 9.17) is 26.8 Å². The average molecular weight is 367 g/mol. The van der Waals surface area contributed by atoms with Gasteiger partial charge in [-0.05, 0) is 36.5 Å². The highest BCUT2D eigenvalue weighted by Crippen LogP contribution is 2.39. The van der Waals surface area contributed by atoms with E-state index in [0.29, 0.717) is 29.5 Å². The third-order valence-corrected chi connectivity index (χ3v) is 4.74. The number of primary amides is 1. The highest BCUT2D eigenvalue weighted by Gasteiger charge is 2.24. The Morgan fingerprint density at radius 2 is 2.32 bits per heavy atom. The van der Waals surface area contributed by atoms with Gasteiger partial charge in [0.25, 0.3) is 0 Å². The molecular formula is C17H23ClN4O3. The van der Waals surface area contributed by atoms with Crippen LogP contribution in [0.4, 0.5) is 0 Å². The van der Waals surface area contributed by atoms with E-state index in [9.17, 15) is 4.79 Å². The van der Waals surface area contributed by atoms with E-state index in [0.717, 1.165) is 37.5 Å². The molecule has 25 heavy (non-hydrogen) atoms. The van der Waals surface area contributed by atoms with Crippen LogP contribution in [0.3, 0.4) is 0 Å². The summed E-state index contributed by atoms with van der Waals surface area (Å²) in [4.78, 5) is 17.7. The van der Waals surface area contributed by atoms with Gasteiger partial charge >= 0.3 is 0 Å². The number of halogens is 1. The number of benzene rings is 1. The molecule has 2 heterocycles. The molecule has 0 saturated carbocycles. The molecule has 1 atom stereocenters. The largest absolute Gasteiger partial charge is 0.454 e. The number of piperidine rings is 1. The van der Waals surface area contributed by atoms with E-state index >= 15 is 0 Å². The lowest BCUT2D eigenvalue weighted by Crippen LogP contribution is -2.46. The SMILES string of the molecule is CN=C(NCc1cc(Cl)c2c(c1)OCO2)N1CCCC(CC(N)=O)C1. The van der Waals surface area contributed by atoms with Gasteiger partial charge in [-0.1, -0.05) is 11.6 Å². The first kappa shape index (κ1) is 17.7. The quantitative estimate of drug-likeness (QED) is 0.625. The number of guanidine groups is 1. The lowest BCUT2D eigenvalue weighted by molar-refractivity contribution is -0.119. The summed E-state index contributed by atoms with van der Waals surface area (Å²) in [6.45, 7) is 2.46. The predicted octanol–water partition coefficient (Wildman–Crippen LogP) is 1.73. The number of amides is 1. The van der Waals surface area contributed by atoms with E-state index in [1.54, 1.807) is 7.05 Å². The van der Waals surface area contributed by atoms with Gasteiger partial charge in [0.2, 0.25) is 12.7 Å². The fourth-order valence-corrected chi connectivity index (χ4v) is 3.63. The lowest BCUT2D eigenvalue weighted by atomic mass is 9.95. The van der Waals surface area contributed by atoms with E-state index in [1.165, 1.54) is 0 Å². The molecule has 0 aromatic heterocycles. The Hall–Kier alpha value is -2.15. The molecule has 1 unspecified atom stereocenters. The van der Waals surface area contributed by atoms with Crippen LogP contribution in [0.2, 0.25) is 5.02 Å². The predicted molar refractivity (Wildman–Crippen MR) is 95.9 cm³/mol. The molecule has 1 aromatic carbocycles. The standard InChI is InChI=1S/C17H23ClN4O3/c1-20-17(22-4-2-3-11(9-22)7-15(19)23)21-8-12-5-13(18)16-14(6-12)24-10-25-16/h5-6,11H,2-4,7-10H2,1H3,(H2,19,23)(H,20,21). The van der Waals surface area contributed by atoms with E-state index in [2.05, 4.69) is 15.2 Å². The number of hydrogen-bond acceptors (Lipinski definition) is 4. The Kier molecular flexibility index (Phi) is 5.53. The van der Waals surface area contributed by atoms with Gasteiger partial charge in [0, 0.05) is 33.1 Å². The summed E-state index contributed by atoms with van der Waals surface area (Å²) in [6.07, 6.45) is 2.47. The Balaban J connectivity index is 1.61. The van der Waals surface area contributed by atoms with Crippen molar-refractivity contribution < 1.29 is 14.3 Å². The second-order valence-electron chi connectivity index (χ2n) is 6.34. The Bertz CT molecular complexity index is 680. The lowest BCUT2D eigenvalue weighted by Gasteiger charge is -2.34. The summed E-state index contributed by atoms with van der Waals surface area (Å²) < 4.78 is 10.7. The van der Waals surface area contributed by atoms with Gasteiger partial charge in [0.15, 0.2) is 17.5 Å². The molecule has 0 aliphatic carbocycles. The van der Waals surface area contributed by atoms with Crippen LogP contribution in [0.5, 0.6) is 11.5 Å². The number of nitrogens with one attached hydrogen (secondary N) is 1. The Morgan fingerprint density at radius 3 is 3.08 bits per heavy atom. The maximum atomic E-state index is 11.2. The molecule has 3 N–H and O–H groups in total. The van der Waals surface area contributed by atoms with E-state index < -0.39 is 0 Å². The third-order valence-electron chi connectivity index (χ3n) is 4.46. The van der Waals surface area contributed by atoms with E-state index in [-0.39, 0.29) is 18.6 Å². The van der Waals surface area contributed by atoms with Gasteiger partial charge in [-0.25, -0.2) is 0 Å². The summed E-state index contributed by atoms with van der Waals surface area (Å²) in [6, 6.07) is 3.78. The van der Waals surface area contributed by atoms with Crippen molar-refractivity contribution >= 4 is 23.5 Å². The van der Waals surface area contributed by atoms with Crippen LogP contribution in [-0.4, -0.2) is 43.7 Å². The summed E-state index contributed by atoms with van der Waals surface area (Å²) >= 11 is 6.22. The fraction of sp³-hybridized carbons (Fsp3) is 0.529. The van der Waals surface area contributed by atoms with Crippen molar-refractivity contribution in [3.05, 3.63) is 22.7 Å². The molecule has 136 valence electrons. The van der Waals surface area contributed by atoms with Crippen molar-refractivity contribution in [2.45, 2.75) is 25.8 Å². The number of likely N-dealkylation sites (tertiary alicyclic amines) is 1. The maximum Gasteiger partial charge on any atom is 0.231 e. The van der Waals surface area contributed by atoms with Crippen LogP contribution in [0, 0.1) is 5.92 Å². The van der Waals surface area contributed by atoms with Crippen molar-refractivity contribution in [3.63, 3.8) is 0 Å². The number of carbonyl (C=O) groups is 1. The molecule has 7 nitrogen and oxygen atoms in total. The van der Waals surface area contributed by atoms with Crippen molar-refractivity contribution in [2.24, 2.45) is 16.6 Å². The summed E-state index contributed by atoms with van der Waals surface area (Å²) in [5.41, 5.74) is 6.32. The van der Waals surface area contributed by atoms with Crippen LogP contribution in [0.15, 0.2) is 17.1 Å². The van der Waals surface area contributed by atoms with Gasteiger partial charge < -0.3 is 25.4 Å². The highest BCUT2D eigenvalue weighted by atomic mass is 35.5. The molecular weight excluding hydrogens is 344 g/mol. The van der Waals surface area contributed by atoms with Crippen LogP contribution in [0.1, 0.15) is 24.8 Å². The minimum Gasteiger partial charge on any atom is -0.454 e. The minimum atomic E-state index is -0.246. The first-order valence-electron chi connectivity index (χ1n) is 8.38. The first-order valence-corrected chi connectivity index (χ1v) is 8.76. The molecule has 0 spiro atoms. The molecule has 1 saturated heterocycles. The number of fused-ring (bicyclic) bond motifs is 1. The number of ether oxygens (including phenoxy) is 2. The smallest absolute Gasteiger partial charge is 0.231 e. The van der Waals surface area contributed by atoms with Crippen molar-refractivity contribution in [1.29, 1.82) is 0 Å². The van der Waals surface area contributed by atoms with Gasteiger partial charge in [0.1, 0.15) is 0 Å². The van der Waals surface area contributed by atoms with Gasteiger partial charge in [-0.3, -0.25) is 9.79 Å². The van der Waals surface area contributed by atoms with Crippen LogP contribution in [-0.2, 0) is 11.3 Å². The molecule has 3 rings (SSSR count). The van der Waals surface area contributed by atoms with Crippen LogP contribution < -0.4 is 20.5 Å². The average Bonchev–Trinajstić information content (AvgIpc) is 3.04. The number of rotatable bonds is 4. The fourth-order valence-electron chi connectivity index (χ4n) is 3.34. The molecule has 1 aromatic rings. The topological polar surface area (TPSA) is 89.2 Å². The zero-order valence-electron chi connectivity index (χ0n) is 14.3. The minimum absolute atomic E-state index is 0.197. The van der Waals surface area contributed by atoms with E-state index in [1.807, 2.05) is 12.1 Å². The maximum absolute atomic E-state index is 11.2. The zero-order valence-corrected chi connectivity index (χ0v) is 15.0. The number of nitrogens with two attached hydrogens (primary N) is 1. The molecule has 1 amide bonds. The van der Waals surface area contributed by atoms with Crippen molar-refractivity contribution in [3.8, 4) is 11.5 Å². The number of nitrogens with zero attached hydrogens (tertiary/aromatic N) is 2. The molecule has 0 radical (unpaired) electrons. The molecule has 2 aliphatic rings. The summed E-state index contributed by atoms with van der Waals surface area (Å²) in [7, 11) is 1.76. The molecule has 0 bridgehead atoms. The Labute approximate surface area is 152 Å². The Morgan fingerprint density at radius 1 is 1.48 bits per heavy atom. The normalized spacial score (nSPS) is 19.8.